The van der Waals surface area contributed by atoms with Crippen molar-refractivity contribution in [3.63, 3.8) is 0 Å². The molecule has 2 unspecified atom stereocenters. The van der Waals surface area contributed by atoms with Gasteiger partial charge in [0.25, 0.3) is 0 Å². The van der Waals surface area contributed by atoms with Gasteiger partial charge in [0.2, 0.25) is 0 Å². The Kier molecular flexibility index (Phi) is 11.7. The summed E-state index contributed by atoms with van der Waals surface area (Å²) in [6.45, 7) is 0.240. The lowest BCUT2D eigenvalue weighted by atomic mass is 9.67. The number of benzene rings is 7. The molecule has 338 valence electrons. The highest BCUT2D eigenvalue weighted by atomic mass is 16.5. The van der Waals surface area contributed by atoms with Gasteiger partial charge >= 0.3 is 11.9 Å². The van der Waals surface area contributed by atoms with Crippen LogP contribution < -0.4 is 9.47 Å². The quantitative estimate of drug-likeness (QED) is 0.0428. The fraction of sp³-hybridized carbons (Fsp3) is 0.138. The Bertz CT molecular complexity index is 3250. The molecule has 68 heavy (non-hydrogen) atoms. The monoisotopic (exact) mass is 902 g/mol. The van der Waals surface area contributed by atoms with Crippen molar-refractivity contribution in [3.05, 3.63) is 214 Å². The third kappa shape index (κ3) is 8.91. The first-order chi connectivity index (χ1) is 33.0. The molecule has 0 aliphatic heterocycles. The van der Waals surface area contributed by atoms with E-state index in [-0.39, 0.29) is 54.3 Å². The van der Waals surface area contributed by atoms with Crippen LogP contribution in [0.3, 0.4) is 0 Å². The smallest absolute Gasteiger partial charge is 0.338 e. The van der Waals surface area contributed by atoms with E-state index in [2.05, 4.69) is 91.1 Å². The molecule has 4 aliphatic rings. The zero-order valence-corrected chi connectivity index (χ0v) is 36.8. The Morgan fingerprint density at radius 1 is 0.588 bits per heavy atom. The predicted octanol–water partition coefficient (Wildman–Crippen LogP) is 11.8. The van der Waals surface area contributed by atoms with Crippen LogP contribution in [0.25, 0.3) is 32.3 Å². The van der Waals surface area contributed by atoms with Gasteiger partial charge in [-0.25, -0.2) is 4.79 Å². The normalized spacial score (nSPS) is 16.4. The summed E-state index contributed by atoms with van der Waals surface area (Å²) in [5, 5.41) is 56.2. The number of unbranched alkanes of at least 4 members (excludes halogenated alkanes) is 1. The molecule has 0 heterocycles. The summed E-state index contributed by atoms with van der Waals surface area (Å²) in [5.41, 5.74) is 8.28. The van der Waals surface area contributed by atoms with Crippen LogP contribution in [-0.4, -0.2) is 44.1 Å². The summed E-state index contributed by atoms with van der Waals surface area (Å²) < 4.78 is 17.5. The average Bonchev–Trinajstić information content (AvgIpc) is 3.33. The topological polar surface area (TPSA) is 163 Å². The Balaban J connectivity index is 0.000000234. The van der Waals surface area contributed by atoms with Crippen molar-refractivity contribution in [2.24, 2.45) is 11.8 Å². The largest absolute Gasteiger partial charge is 0.508 e. The van der Waals surface area contributed by atoms with Crippen LogP contribution in [0.4, 0.5) is 0 Å². The average molecular weight is 903 g/mol. The molecule has 0 bridgehead atoms. The fourth-order valence-corrected chi connectivity index (χ4v) is 9.63. The molecule has 0 aromatic heterocycles. The second kappa shape index (κ2) is 18.4. The molecule has 2 atom stereocenters. The van der Waals surface area contributed by atoms with Crippen molar-refractivity contribution in [3.8, 4) is 34.5 Å². The first kappa shape index (κ1) is 43.4. The summed E-state index contributed by atoms with van der Waals surface area (Å²) in [4.78, 5) is 24.6. The summed E-state index contributed by atoms with van der Waals surface area (Å²) in [6, 6.07) is 32.5. The molecule has 0 amide bonds. The third-order valence-electron chi connectivity index (χ3n) is 12.7. The summed E-state index contributed by atoms with van der Waals surface area (Å²) >= 11 is 0. The number of carbonyl (C=O) groups is 2. The number of carboxylic acid groups (broad SMARTS) is 1. The highest BCUT2D eigenvalue weighted by Crippen LogP contribution is 2.48. The lowest BCUT2D eigenvalue weighted by Gasteiger charge is -2.36. The number of aryl methyl sites for hydroxylation is 1. The number of rotatable bonds is 13. The van der Waals surface area contributed by atoms with Crippen LogP contribution in [0.2, 0.25) is 0 Å². The molecular weight excluding hydrogens is 857 g/mol. The van der Waals surface area contributed by atoms with E-state index in [0.29, 0.717) is 29.0 Å². The fourth-order valence-electron chi connectivity index (χ4n) is 9.63. The van der Waals surface area contributed by atoms with E-state index in [1.807, 2.05) is 12.2 Å². The van der Waals surface area contributed by atoms with Gasteiger partial charge in [-0.1, -0.05) is 109 Å². The molecule has 0 spiro atoms. The van der Waals surface area contributed by atoms with Gasteiger partial charge in [0, 0.05) is 24.1 Å². The van der Waals surface area contributed by atoms with E-state index in [1.54, 1.807) is 24.3 Å². The summed E-state index contributed by atoms with van der Waals surface area (Å²) in [5.74, 6) is -1.42. The molecule has 7 aromatic rings. The summed E-state index contributed by atoms with van der Waals surface area (Å²) in [7, 11) is 0. The number of carboxylic acids is 1. The highest BCUT2D eigenvalue weighted by Gasteiger charge is 2.37. The second-order valence-electron chi connectivity index (χ2n) is 17.3. The zero-order valence-electron chi connectivity index (χ0n) is 36.8. The van der Waals surface area contributed by atoms with Crippen molar-refractivity contribution in [2.45, 2.75) is 32.5 Å². The maximum atomic E-state index is 13.2. The zero-order chi connectivity index (χ0) is 46.9. The van der Waals surface area contributed by atoms with E-state index in [0.717, 1.165) is 24.0 Å². The molecule has 10 heteroatoms. The van der Waals surface area contributed by atoms with Crippen LogP contribution >= 0.6 is 0 Å². The first-order valence-electron chi connectivity index (χ1n) is 22.5. The standard InChI is InChI=1S/C41H34O8.C17H12O2/c42-32-14-25(15-33(43)20-32)23-48-36-18-31(19-37(22-36)49-24-26-16-34(44)21-35(45)17-26)41(46)47-13-2-1-4-27-7-8-30-10-9-28-5-3-6-29-11-12-38(27)40(30)39(28)29;18-17(19)14-9-7-12-5-4-10-2-1-3-11-6-8-13(14)16(12)15(10)11/h3,5-12,14-22,42-45H,1-2,4,13,23-24H2;1-9,14-15H,(H,18,19). The molecule has 4 aliphatic carbocycles. The number of aromatic hydroxyl groups is 4. The number of hydrogen-bond donors (Lipinski definition) is 5. The predicted molar refractivity (Wildman–Crippen MR) is 261 cm³/mol. The van der Waals surface area contributed by atoms with Gasteiger partial charge in [-0.3, -0.25) is 4.79 Å². The maximum Gasteiger partial charge on any atom is 0.338 e. The van der Waals surface area contributed by atoms with E-state index in [9.17, 15) is 35.1 Å². The SMILES string of the molecule is O=C(O)C1C=CC2=C3C1=CC=C1C=CC=C(C=C2)C13.O=C(OCCCCc1ccc2ccc3cccc4ccc1c2c34)c1cc(OCc2cc(O)cc(O)c2)cc(OCc2cc(O)cc(O)c2)c1. The van der Waals surface area contributed by atoms with Gasteiger partial charge in [0.05, 0.1) is 12.2 Å². The van der Waals surface area contributed by atoms with Gasteiger partial charge < -0.3 is 39.7 Å². The number of carbonyl (C=O) groups excluding carboxylic acids is 1. The molecule has 10 nitrogen and oxygen atoms in total. The number of ether oxygens (including phenoxy) is 3. The van der Waals surface area contributed by atoms with E-state index < -0.39 is 17.9 Å². The third-order valence-corrected chi connectivity index (χ3v) is 12.7. The number of hydrogen-bond acceptors (Lipinski definition) is 9. The minimum Gasteiger partial charge on any atom is -0.508 e. The molecule has 0 radical (unpaired) electrons. The molecule has 0 fully saturated rings. The maximum absolute atomic E-state index is 13.2. The number of phenolic OH excluding ortho intramolecular Hbond substituents is 4. The van der Waals surface area contributed by atoms with Gasteiger partial charge in [0.1, 0.15) is 53.6 Å². The van der Waals surface area contributed by atoms with Crippen LogP contribution in [0.15, 0.2) is 192 Å². The van der Waals surface area contributed by atoms with E-state index >= 15 is 0 Å². The van der Waals surface area contributed by atoms with Gasteiger partial charge in [-0.15, -0.1) is 0 Å². The Labute approximate surface area is 391 Å². The molecule has 11 rings (SSSR count). The number of phenols is 4. The van der Waals surface area contributed by atoms with Crippen molar-refractivity contribution in [2.75, 3.05) is 6.61 Å². The Morgan fingerprint density at radius 3 is 1.87 bits per heavy atom. The minimum atomic E-state index is -0.780. The van der Waals surface area contributed by atoms with Crippen LogP contribution in [0.1, 0.15) is 39.9 Å². The highest BCUT2D eigenvalue weighted by molar-refractivity contribution is 6.23. The Morgan fingerprint density at radius 2 is 1.21 bits per heavy atom. The molecule has 0 saturated carbocycles. The van der Waals surface area contributed by atoms with Crippen molar-refractivity contribution in [1.82, 2.24) is 0 Å². The van der Waals surface area contributed by atoms with Crippen molar-refractivity contribution in [1.29, 1.82) is 0 Å². The van der Waals surface area contributed by atoms with Gasteiger partial charge in [-0.2, -0.15) is 0 Å². The second-order valence-corrected chi connectivity index (χ2v) is 17.3. The van der Waals surface area contributed by atoms with Crippen molar-refractivity contribution >= 4 is 44.3 Å². The molecule has 0 saturated heterocycles. The van der Waals surface area contributed by atoms with E-state index in [4.69, 9.17) is 14.2 Å². The lowest BCUT2D eigenvalue weighted by molar-refractivity contribution is -0.138. The molecule has 5 N–H and O–H groups in total. The van der Waals surface area contributed by atoms with Crippen molar-refractivity contribution < 1.29 is 49.3 Å². The lowest BCUT2D eigenvalue weighted by Crippen LogP contribution is -2.27. The first-order valence-corrected chi connectivity index (χ1v) is 22.5. The summed E-state index contributed by atoms with van der Waals surface area (Å²) in [6.07, 6.45) is 20.6. The van der Waals surface area contributed by atoms with Crippen LogP contribution in [0.5, 0.6) is 34.5 Å². The van der Waals surface area contributed by atoms with E-state index in [1.165, 1.54) is 91.0 Å². The van der Waals surface area contributed by atoms with Gasteiger partial charge in [-0.05, 0) is 133 Å². The van der Waals surface area contributed by atoms with Gasteiger partial charge in [0.15, 0.2) is 0 Å². The van der Waals surface area contributed by atoms with Crippen LogP contribution in [0, 0.1) is 11.8 Å². The van der Waals surface area contributed by atoms with Crippen LogP contribution in [-0.2, 0) is 29.2 Å². The number of allylic oxidation sites excluding steroid dienone is 12. The Hall–Kier alpha value is -8.50. The number of esters is 1. The minimum absolute atomic E-state index is 0.00336. The molecular formula is C58H46O10. The number of aliphatic carboxylic acids is 1. The molecule has 7 aromatic carbocycles.